The van der Waals surface area contributed by atoms with Gasteiger partial charge < -0.3 is 0 Å². The lowest BCUT2D eigenvalue weighted by molar-refractivity contribution is 0.478. The van der Waals surface area contributed by atoms with Crippen molar-refractivity contribution in [3.05, 3.63) is 0 Å². The Kier molecular flexibility index (Phi) is 2.71. The van der Waals surface area contributed by atoms with Gasteiger partial charge in [-0.05, 0) is 86.4 Å². The van der Waals surface area contributed by atoms with Crippen molar-refractivity contribution in [2.45, 2.75) is 74.5 Å². The second kappa shape index (κ2) is 3.74. The smallest absolute Gasteiger partial charge is 0 e. The van der Waals surface area contributed by atoms with Crippen LogP contribution in [0.4, 0.5) is 0 Å². The van der Waals surface area contributed by atoms with Crippen molar-refractivity contribution in [2.24, 2.45) is 11.8 Å². The maximum atomic E-state index is 1.64. The van der Waals surface area contributed by atoms with Crippen LogP contribution >= 0.6 is 8.58 Å². The first kappa shape index (κ1) is 11.6. The van der Waals surface area contributed by atoms with Gasteiger partial charge >= 0.3 is 0 Å². The fraction of sp³-hybridized carbons (Fsp3) is 1.00. The predicted molar refractivity (Wildman–Crippen MR) is 72.7 cm³/mol. The van der Waals surface area contributed by atoms with E-state index in [0.717, 1.165) is 22.1 Å². The monoisotopic (exact) mass is 233 g/mol. The standard InChI is InChI=1S/C14H23P.B/c1-5-13(6-2-11(1)9-13)15-14-7-3-12(10-14)4-8-14;/h11-12,15H,1-10H2;. The van der Waals surface area contributed by atoms with Crippen LogP contribution in [0.2, 0.25) is 0 Å². The van der Waals surface area contributed by atoms with Crippen molar-refractivity contribution in [3.8, 4) is 0 Å². The Balaban J connectivity index is 0.000000810. The van der Waals surface area contributed by atoms with E-state index in [1.165, 1.54) is 8.58 Å². The normalized spacial score (nSPS) is 54.0. The largest absolute Gasteiger partial charge is 0.109 e. The molecule has 0 atom stereocenters. The number of hydrogen-bond acceptors (Lipinski definition) is 0. The Labute approximate surface area is 104 Å². The molecule has 0 aromatic heterocycles. The van der Waals surface area contributed by atoms with Gasteiger partial charge in [-0.25, -0.2) is 0 Å². The van der Waals surface area contributed by atoms with Crippen LogP contribution in [0.5, 0.6) is 0 Å². The maximum Gasteiger partial charge on any atom is 0 e. The van der Waals surface area contributed by atoms with Crippen LogP contribution in [-0.2, 0) is 0 Å². The lowest BCUT2D eigenvalue weighted by Gasteiger charge is -2.37. The highest BCUT2D eigenvalue weighted by molar-refractivity contribution is 7.42. The fourth-order valence-electron chi connectivity index (χ4n) is 5.30. The van der Waals surface area contributed by atoms with Gasteiger partial charge in [0.05, 0.1) is 0 Å². The van der Waals surface area contributed by atoms with Gasteiger partial charge in [-0.2, -0.15) is 0 Å². The molecule has 0 aliphatic heterocycles. The molecule has 3 radical (unpaired) electrons. The van der Waals surface area contributed by atoms with Gasteiger partial charge in [0.25, 0.3) is 0 Å². The molecule has 87 valence electrons. The summed E-state index contributed by atoms with van der Waals surface area (Å²) in [5.41, 5.74) is 0. The van der Waals surface area contributed by atoms with Gasteiger partial charge in [0, 0.05) is 8.41 Å². The number of rotatable bonds is 2. The topological polar surface area (TPSA) is 0 Å². The summed E-state index contributed by atoms with van der Waals surface area (Å²) in [7, 11) is 1.36. The summed E-state index contributed by atoms with van der Waals surface area (Å²) in [4.78, 5) is 0. The zero-order valence-corrected chi connectivity index (χ0v) is 11.3. The summed E-state index contributed by atoms with van der Waals surface area (Å²) < 4.78 is 0. The van der Waals surface area contributed by atoms with Crippen molar-refractivity contribution in [3.63, 3.8) is 0 Å². The highest BCUT2D eigenvalue weighted by atomic mass is 31.1. The first-order valence-corrected chi connectivity index (χ1v) is 8.07. The summed E-state index contributed by atoms with van der Waals surface area (Å²) in [6.07, 6.45) is 16.1. The Morgan fingerprint density at radius 2 is 1.06 bits per heavy atom. The molecule has 0 amide bonds. The maximum absolute atomic E-state index is 1.64. The highest BCUT2D eigenvalue weighted by Crippen LogP contribution is 2.68. The van der Waals surface area contributed by atoms with E-state index in [2.05, 4.69) is 0 Å². The zero-order valence-electron chi connectivity index (χ0n) is 10.3. The fourth-order valence-corrected chi connectivity index (χ4v) is 8.28. The summed E-state index contributed by atoms with van der Waals surface area (Å²) in [5.74, 6) is 2.32. The molecule has 4 aliphatic rings. The first-order chi connectivity index (χ1) is 7.28. The van der Waals surface area contributed by atoms with Crippen molar-refractivity contribution in [1.82, 2.24) is 0 Å². The van der Waals surface area contributed by atoms with E-state index in [1.54, 1.807) is 64.2 Å². The van der Waals surface area contributed by atoms with Crippen LogP contribution in [0.15, 0.2) is 0 Å². The molecule has 0 nitrogen and oxygen atoms in total. The van der Waals surface area contributed by atoms with Gasteiger partial charge in [0.15, 0.2) is 0 Å². The molecule has 4 saturated carbocycles. The average Bonchev–Trinajstić information content (AvgIpc) is 2.95. The molecule has 0 spiro atoms. The molecule has 0 aromatic carbocycles. The van der Waals surface area contributed by atoms with Crippen LogP contribution in [0.25, 0.3) is 0 Å². The van der Waals surface area contributed by atoms with Crippen LogP contribution < -0.4 is 0 Å². The van der Waals surface area contributed by atoms with Crippen LogP contribution in [0.1, 0.15) is 64.2 Å². The van der Waals surface area contributed by atoms with E-state index in [9.17, 15) is 0 Å². The third-order valence-corrected chi connectivity index (χ3v) is 8.48. The molecule has 16 heavy (non-hydrogen) atoms. The molecule has 2 heteroatoms. The molecule has 0 aromatic rings. The average molecular weight is 233 g/mol. The Bertz CT molecular complexity index is 244. The minimum absolute atomic E-state index is 0. The van der Waals surface area contributed by atoms with Crippen molar-refractivity contribution in [2.75, 3.05) is 0 Å². The van der Waals surface area contributed by atoms with E-state index in [0.29, 0.717) is 0 Å². The molecule has 4 fully saturated rings. The molecular weight excluding hydrogens is 210 g/mol. The van der Waals surface area contributed by atoms with E-state index < -0.39 is 0 Å². The van der Waals surface area contributed by atoms with Crippen molar-refractivity contribution in [1.29, 1.82) is 0 Å². The molecule has 0 saturated heterocycles. The van der Waals surface area contributed by atoms with Crippen molar-refractivity contribution >= 4 is 17.0 Å². The lowest BCUT2D eigenvalue weighted by Crippen LogP contribution is -2.26. The third-order valence-electron chi connectivity index (χ3n) is 6.01. The Hall–Kier alpha value is 0.495. The molecule has 4 bridgehead atoms. The Morgan fingerprint density at radius 3 is 1.31 bits per heavy atom. The van der Waals surface area contributed by atoms with Crippen molar-refractivity contribution < 1.29 is 0 Å². The van der Waals surface area contributed by atoms with Gasteiger partial charge in [-0.15, -0.1) is 8.58 Å². The molecule has 0 unspecified atom stereocenters. The van der Waals surface area contributed by atoms with E-state index in [-0.39, 0.29) is 8.41 Å². The van der Waals surface area contributed by atoms with E-state index in [4.69, 9.17) is 0 Å². The minimum atomic E-state index is 0. The lowest BCUT2D eigenvalue weighted by atomic mass is 9.99. The Morgan fingerprint density at radius 1 is 0.688 bits per heavy atom. The van der Waals surface area contributed by atoms with Gasteiger partial charge in [-0.3, -0.25) is 0 Å². The first-order valence-electron chi connectivity index (χ1n) is 7.07. The summed E-state index contributed by atoms with van der Waals surface area (Å²) in [6, 6.07) is 0. The van der Waals surface area contributed by atoms with E-state index >= 15 is 0 Å². The quantitative estimate of drug-likeness (QED) is 0.500. The second-order valence-electron chi connectivity index (χ2n) is 6.98. The molecular formula is C14H23BP. The summed E-state index contributed by atoms with van der Waals surface area (Å²) in [5, 5.41) is 1.79. The summed E-state index contributed by atoms with van der Waals surface area (Å²) >= 11 is 0. The van der Waals surface area contributed by atoms with Gasteiger partial charge in [-0.1, -0.05) is 0 Å². The predicted octanol–water partition coefficient (Wildman–Crippen LogP) is 3.95. The number of fused-ring (bicyclic) bond motifs is 4. The van der Waals surface area contributed by atoms with Crippen LogP contribution in [-0.4, -0.2) is 18.7 Å². The second-order valence-corrected chi connectivity index (χ2v) is 9.35. The number of hydrogen-bond donors (Lipinski definition) is 0. The van der Waals surface area contributed by atoms with Gasteiger partial charge in [0.2, 0.25) is 0 Å². The van der Waals surface area contributed by atoms with E-state index in [1.807, 2.05) is 0 Å². The van der Waals surface area contributed by atoms with Crippen LogP contribution in [0.3, 0.4) is 0 Å². The molecule has 4 rings (SSSR count). The SMILES string of the molecule is C1CC2(PC34CCC(CC3)C4)CCC1C2.[B]. The molecule has 0 N–H and O–H groups in total. The third kappa shape index (κ3) is 1.61. The van der Waals surface area contributed by atoms with Gasteiger partial charge in [0.1, 0.15) is 0 Å². The minimum Gasteiger partial charge on any atom is -0.109 e. The molecule has 4 aliphatic carbocycles. The highest BCUT2D eigenvalue weighted by Gasteiger charge is 2.53. The zero-order chi connectivity index (χ0) is 9.93. The molecule has 0 heterocycles. The summed E-state index contributed by atoms with van der Waals surface area (Å²) in [6.45, 7) is 0. The van der Waals surface area contributed by atoms with Crippen LogP contribution in [0, 0.1) is 11.8 Å².